The summed E-state index contributed by atoms with van der Waals surface area (Å²) in [6, 6.07) is 15.3. The van der Waals surface area contributed by atoms with Crippen molar-refractivity contribution in [1.29, 1.82) is 0 Å². The number of hydrogen-bond donors (Lipinski definition) is 3. The van der Waals surface area contributed by atoms with Crippen molar-refractivity contribution in [2.75, 3.05) is 0 Å². The number of carboxylic acids is 1. The molecule has 7 heteroatoms. The third-order valence-electron chi connectivity index (χ3n) is 5.37. The minimum atomic E-state index is -1.47. The highest BCUT2D eigenvalue weighted by molar-refractivity contribution is 5.96. The fourth-order valence-corrected chi connectivity index (χ4v) is 3.81. The normalized spacial score (nSPS) is 11.0. The second-order valence-electron chi connectivity index (χ2n) is 7.27. The first-order chi connectivity index (χ1) is 14.9. The molecule has 0 aliphatic carbocycles. The van der Waals surface area contributed by atoms with Crippen molar-refractivity contribution >= 4 is 16.9 Å². The van der Waals surface area contributed by atoms with Crippen LogP contribution >= 0.6 is 0 Å². The van der Waals surface area contributed by atoms with Crippen LogP contribution in [0.1, 0.15) is 28.4 Å². The number of H-pyrrole nitrogens is 1. The number of aryl methyl sites for hydroxylation is 1. The molecule has 0 amide bonds. The van der Waals surface area contributed by atoms with E-state index in [-0.39, 0.29) is 0 Å². The molecule has 0 bridgehead atoms. The van der Waals surface area contributed by atoms with Gasteiger partial charge in [0.1, 0.15) is 18.1 Å². The molecular weight excluding hydrogens is 396 g/mol. The van der Waals surface area contributed by atoms with Crippen molar-refractivity contribution in [2.24, 2.45) is 7.05 Å². The van der Waals surface area contributed by atoms with Crippen molar-refractivity contribution in [2.45, 2.75) is 20.0 Å². The Bertz CT molecular complexity index is 1340. The number of carboxylic acid groups (broad SMARTS) is 1. The van der Waals surface area contributed by atoms with Crippen LogP contribution in [0.5, 0.6) is 11.5 Å². The predicted molar refractivity (Wildman–Crippen MR) is 118 cm³/mol. The fraction of sp³-hybridized carbons (Fsp3) is 0.167. The zero-order valence-electron chi connectivity index (χ0n) is 17.2. The van der Waals surface area contributed by atoms with Gasteiger partial charge in [-0.3, -0.25) is 4.79 Å². The quantitative estimate of drug-likeness (QED) is 0.438. The van der Waals surface area contributed by atoms with Gasteiger partial charge in [-0.2, -0.15) is 0 Å². The third kappa shape index (κ3) is 3.54. The van der Waals surface area contributed by atoms with E-state index < -0.39 is 22.8 Å². The Kier molecular flexibility index (Phi) is 5.25. The Morgan fingerprint density at radius 2 is 1.87 bits per heavy atom. The summed E-state index contributed by atoms with van der Waals surface area (Å²) in [7, 11) is 1.93. The van der Waals surface area contributed by atoms with Gasteiger partial charge >= 0.3 is 5.97 Å². The monoisotopic (exact) mass is 418 g/mol. The lowest BCUT2D eigenvalue weighted by molar-refractivity contribution is 0.0691. The lowest BCUT2D eigenvalue weighted by Crippen LogP contribution is -2.20. The summed E-state index contributed by atoms with van der Waals surface area (Å²) in [5.41, 5.74) is 1.68. The van der Waals surface area contributed by atoms with Gasteiger partial charge in [-0.05, 0) is 30.2 Å². The molecule has 2 aromatic carbocycles. The Labute approximate surface area is 178 Å². The first-order valence-electron chi connectivity index (χ1n) is 9.88. The van der Waals surface area contributed by atoms with E-state index in [0.717, 1.165) is 16.5 Å². The predicted octanol–water partition coefficient (Wildman–Crippen LogP) is 4.08. The van der Waals surface area contributed by atoms with Gasteiger partial charge in [0.25, 0.3) is 5.56 Å². The van der Waals surface area contributed by atoms with E-state index in [1.54, 1.807) is 6.92 Å². The van der Waals surface area contributed by atoms with E-state index in [1.807, 2.05) is 66.3 Å². The zero-order valence-corrected chi connectivity index (χ0v) is 17.2. The third-order valence-corrected chi connectivity index (χ3v) is 5.37. The molecule has 3 N–H and O–H groups in total. The summed E-state index contributed by atoms with van der Waals surface area (Å²) in [6.45, 7) is 2.10. The molecule has 0 saturated carbocycles. The Morgan fingerprint density at radius 1 is 1.13 bits per heavy atom. The van der Waals surface area contributed by atoms with Gasteiger partial charge in [0.2, 0.25) is 0 Å². The molecule has 4 aromatic rings. The minimum absolute atomic E-state index is 0.312. The Morgan fingerprint density at radius 3 is 2.55 bits per heavy atom. The number of aromatic hydroxyl groups is 1. The molecule has 31 heavy (non-hydrogen) atoms. The van der Waals surface area contributed by atoms with Crippen LogP contribution < -0.4 is 10.3 Å². The molecule has 4 rings (SSSR count). The molecule has 0 aliphatic rings. The number of nitrogens with one attached hydrogen (secondary N) is 1. The van der Waals surface area contributed by atoms with Gasteiger partial charge in [-0.1, -0.05) is 37.3 Å². The summed E-state index contributed by atoms with van der Waals surface area (Å²) in [6.07, 6.45) is 2.24. The van der Waals surface area contributed by atoms with Crippen LogP contribution in [0.25, 0.3) is 22.2 Å². The summed E-state index contributed by atoms with van der Waals surface area (Å²) < 4.78 is 8.19. The van der Waals surface area contributed by atoms with Crippen molar-refractivity contribution < 1.29 is 19.7 Å². The number of aromatic nitrogens is 2. The lowest BCUT2D eigenvalue weighted by Gasteiger charge is -2.17. The second kappa shape index (κ2) is 8.02. The maximum atomic E-state index is 12.5. The molecule has 2 heterocycles. The highest BCUT2D eigenvalue weighted by Crippen LogP contribution is 2.40. The standard InChI is InChI=1S/C24H22N2O5/c1-3-15-20(25-23(28)19(21(15)27)24(29)30)17-9-10-18-16(11-12-26(18)2)22(17)31-13-14-7-5-4-6-8-14/h4-12H,3,13H2,1-2H3,(H,29,30)(H2,25,27,28). The highest BCUT2D eigenvalue weighted by atomic mass is 16.5. The Balaban J connectivity index is 1.94. The number of hydrogen-bond acceptors (Lipinski definition) is 4. The molecular formula is C24H22N2O5. The first kappa shape index (κ1) is 20.3. The van der Waals surface area contributed by atoms with E-state index in [4.69, 9.17) is 4.74 Å². The highest BCUT2D eigenvalue weighted by Gasteiger charge is 2.24. The number of aromatic amines is 1. The van der Waals surface area contributed by atoms with Crippen LogP contribution in [0.4, 0.5) is 0 Å². The molecule has 0 aliphatic heterocycles. The molecule has 7 nitrogen and oxygen atoms in total. The molecule has 0 atom stereocenters. The molecule has 2 aromatic heterocycles. The van der Waals surface area contributed by atoms with Crippen LogP contribution in [-0.2, 0) is 20.1 Å². The Hall–Kier alpha value is -4.00. The maximum absolute atomic E-state index is 12.5. The zero-order chi connectivity index (χ0) is 22.1. The second-order valence-corrected chi connectivity index (χ2v) is 7.27. The summed E-state index contributed by atoms with van der Waals surface area (Å²) >= 11 is 0. The summed E-state index contributed by atoms with van der Waals surface area (Å²) in [5, 5.41) is 20.7. The van der Waals surface area contributed by atoms with Gasteiger partial charge in [0.15, 0.2) is 5.56 Å². The van der Waals surface area contributed by atoms with E-state index >= 15 is 0 Å². The summed E-state index contributed by atoms with van der Waals surface area (Å²) in [4.78, 5) is 26.6. The van der Waals surface area contributed by atoms with E-state index in [9.17, 15) is 19.8 Å². The van der Waals surface area contributed by atoms with Gasteiger partial charge in [0, 0.05) is 29.8 Å². The molecule has 0 fully saturated rings. The topological polar surface area (TPSA) is 105 Å². The van der Waals surface area contributed by atoms with Gasteiger partial charge < -0.3 is 24.5 Å². The largest absolute Gasteiger partial charge is 0.506 e. The van der Waals surface area contributed by atoms with E-state index in [2.05, 4.69) is 4.98 Å². The molecule has 0 saturated heterocycles. The first-order valence-corrected chi connectivity index (χ1v) is 9.88. The average Bonchev–Trinajstić information content (AvgIpc) is 3.13. The van der Waals surface area contributed by atoms with Crippen molar-refractivity contribution in [3.63, 3.8) is 0 Å². The average molecular weight is 418 g/mol. The van der Waals surface area contributed by atoms with Crippen molar-refractivity contribution in [1.82, 2.24) is 9.55 Å². The smallest absolute Gasteiger partial charge is 0.345 e. The number of pyridine rings is 1. The molecule has 0 radical (unpaired) electrons. The lowest BCUT2D eigenvalue weighted by atomic mass is 9.98. The van der Waals surface area contributed by atoms with Crippen LogP contribution in [-0.4, -0.2) is 25.7 Å². The molecule has 0 unspecified atom stereocenters. The van der Waals surface area contributed by atoms with Gasteiger partial charge in [0.05, 0.1) is 11.2 Å². The summed E-state index contributed by atoms with van der Waals surface area (Å²) in [5.74, 6) is -1.44. The number of carbonyl (C=O) groups is 1. The SMILES string of the molecule is CCc1c(-c2ccc3c(ccn3C)c2OCc2ccccc2)[nH]c(=O)c(C(=O)O)c1O. The van der Waals surface area contributed by atoms with Crippen LogP contribution in [0, 0.1) is 0 Å². The fourth-order valence-electron chi connectivity index (χ4n) is 3.81. The van der Waals surface area contributed by atoms with Crippen LogP contribution in [0.15, 0.2) is 59.5 Å². The molecule has 0 spiro atoms. The van der Waals surface area contributed by atoms with Gasteiger partial charge in [-0.15, -0.1) is 0 Å². The minimum Gasteiger partial charge on any atom is -0.506 e. The van der Waals surface area contributed by atoms with Crippen molar-refractivity contribution in [3.8, 4) is 22.8 Å². The molecule has 158 valence electrons. The maximum Gasteiger partial charge on any atom is 0.345 e. The van der Waals surface area contributed by atoms with Gasteiger partial charge in [-0.25, -0.2) is 4.79 Å². The van der Waals surface area contributed by atoms with Crippen LogP contribution in [0.2, 0.25) is 0 Å². The van der Waals surface area contributed by atoms with Crippen LogP contribution in [0.3, 0.4) is 0 Å². The number of nitrogens with zero attached hydrogens (tertiary/aromatic N) is 1. The van der Waals surface area contributed by atoms with E-state index in [1.165, 1.54) is 0 Å². The number of ether oxygens (including phenoxy) is 1. The number of aromatic carboxylic acids is 1. The number of fused-ring (bicyclic) bond motifs is 1. The number of benzene rings is 2. The van der Waals surface area contributed by atoms with E-state index in [0.29, 0.717) is 35.6 Å². The number of rotatable bonds is 6. The van der Waals surface area contributed by atoms with Crippen molar-refractivity contribution in [3.05, 3.63) is 81.8 Å².